The van der Waals surface area contributed by atoms with E-state index in [4.69, 9.17) is 9.47 Å². The Hall–Kier alpha value is -3.55. The van der Waals surface area contributed by atoms with Crippen molar-refractivity contribution in [3.8, 4) is 11.5 Å². The van der Waals surface area contributed by atoms with Crippen LogP contribution in [0.2, 0.25) is 0 Å². The highest BCUT2D eigenvalue weighted by atomic mass is 16.5. The molecule has 0 fully saturated rings. The van der Waals surface area contributed by atoms with Crippen LogP contribution in [0.5, 0.6) is 11.5 Å². The second-order valence-corrected chi connectivity index (χ2v) is 6.42. The molecule has 0 aliphatic heterocycles. The number of esters is 1. The summed E-state index contributed by atoms with van der Waals surface area (Å²) < 4.78 is 9.88. The molecule has 0 aliphatic carbocycles. The van der Waals surface area contributed by atoms with Gasteiger partial charge in [0.1, 0.15) is 11.5 Å². The van der Waals surface area contributed by atoms with Gasteiger partial charge in [-0.05, 0) is 36.6 Å². The van der Waals surface area contributed by atoms with Crippen molar-refractivity contribution in [2.24, 2.45) is 0 Å². The van der Waals surface area contributed by atoms with E-state index in [0.29, 0.717) is 22.3 Å². The Labute approximate surface area is 159 Å². The molecule has 8 heteroatoms. The van der Waals surface area contributed by atoms with E-state index in [1.54, 1.807) is 31.2 Å². The molecule has 2 heterocycles. The first kappa shape index (κ1) is 19.2. The summed E-state index contributed by atoms with van der Waals surface area (Å²) in [5, 5.41) is 11.0. The summed E-state index contributed by atoms with van der Waals surface area (Å²) in [4.78, 5) is 42.6. The smallest absolute Gasteiger partial charge is 0.306 e. The van der Waals surface area contributed by atoms with Gasteiger partial charge < -0.3 is 24.5 Å². The SMILES string of the molecule is COC(=O)C[C@@H](c1cc2ccc(OC)cc2[nH]c1=O)c1c(O)cc(C)[nH]c1=O. The van der Waals surface area contributed by atoms with Crippen molar-refractivity contribution in [3.05, 3.63) is 67.9 Å². The van der Waals surface area contributed by atoms with Crippen molar-refractivity contribution >= 4 is 16.9 Å². The van der Waals surface area contributed by atoms with Gasteiger partial charge in [0.25, 0.3) is 11.1 Å². The molecule has 0 saturated heterocycles. The fourth-order valence-corrected chi connectivity index (χ4v) is 3.22. The van der Waals surface area contributed by atoms with Gasteiger partial charge in [0.15, 0.2) is 0 Å². The third kappa shape index (κ3) is 3.62. The Balaban J connectivity index is 2.24. The van der Waals surface area contributed by atoms with Gasteiger partial charge in [0, 0.05) is 23.2 Å². The fourth-order valence-electron chi connectivity index (χ4n) is 3.22. The Morgan fingerprint density at radius 3 is 2.50 bits per heavy atom. The maximum atomic E-state index is 12.8. The van der Waals surface area contributed by atoms with E-state index >= 15 is 0 Å². The molecule has 1 atom stereocenters. The molecular weight excluding hydrogens is 364 g/mol. The van der Waals surface area contributed by atoms with Crippen molar-refractivity contribution in [1.82, 2.24) is 9.97 Å². The van der Waals surface area contributed by atoms with E-state index in [0.717, 1.165) is 0 Å². The Kier molecular flexibility index (Phi) is 5.21. The number of ether oxygens (including phenoxy) is 2. The van der Waals surface area contributed by atoms with Crippen molar-refractivity contribution in [2.75, 3.05) is 14.2 Å². The van der Waals surface area contributed by atoms with Crippen LogP contribution >= 0.6 is 0 Å². The highest BCUT2D eigenvalue weighted by Crippen LogP contribution is 2.31. The summed E-state index contributed by atoms with van der Waals surface area (Å²) in [6, 6.07) is 8.13. The van der Waals surface area contributed by atoms with Crippen molar-refractivity contribution in [1.29, 1.82) is 0 Å². The Morgan fingerprint density at radius 1 is 1.11 bits per heavy atom. The van der Waals surface area contributed by atoms with Crippen LogP contribution in [0.15, 0.2) is 39.9 Å². The van der Waals surface area contributed by atoms with Gasteiger partial charge in [-0.3, -0.25) is 14.4 Å². The summed E-state index contributed by atoms with van der Waals surface area (Å²) in [6.45, 7) is 1.62. The quantitative estimate of drug-likeness (QED) is 0.578. The lowest BCUT2D eigenvalue weighted by atomic mass is 9.88. The van der Waals surface area contributed by atoms with Crippen LogP contribution < -0.4 is 15.9 Å². The number of carbonyl (C=O) groups excluding carboxylic acids is 1. The van der Waals surface area contributed by atoms with Gasteiger partial charge in [0.2, 0.25) is 0 Å². The maximum absolute atomic E-state index is 12.8. The molecule has 3 N–H and O–H groups in total. The molecule has 8 nitrogen and oxygen atoms in total. The minimum atomic E-state index is -0.980. The van der Waals surface area contributed by atoms with Gasteiger partial charge in [-0.15, -0.1) is 0 Å². The summed E-state index contributed by atoms with van der Waals surface area (Å²) in [6.07, 6.45) is -0.277. The Bertz CT molecular complexity index is 1160. The first-order valence-corrected chi connectivity index (χ1v) is 8.54. The second-order valence-electron chi connectivity index (χ2n) is 6.42. The number of pyridine rings is 2. The molecular formula is C20H20N2O6. The number of nitrogens with one attached hydrogen (secondary N) is 2. The molecule has 0 saturated carbocycles. The zero-order valence-electron chi connectivity index (χ0n) is 15.7. The van der Waals surface area contributed by atoms with Gasteiger partial charge >= 0.3 is 5.97 Å². The number of fused-ring (bicyclic) bond motifs is 1. The van der Waals surface area contributed by atoms with E-state index in [-0.39, 0.29) is 23.3 Å². The largest absolute Gasteiger partial charge is 0.507 e. The number of aryl methyl sites for hydroxylation is 1. The highest BCUT2D eigenvalue weighted by molar-refractivity contribution is 5.81. The van der Waals surface area contributed by atoms with E-state index in [1.165, 1.54) is 20.3 Å². The lowest BCUT2D eigenvalue weighted by Crippen LogP contribution is -2.25. The Morgan fingerprint density at radius 2 is 1.86 bits per heavy atom. The molecule has 0 unspecified atom stereocenters. The number of benzene rings is 1. The minimum Gasteiger partial charge on any atom is -0.507 e. The number of rotatable bonds is 5. The first-order valence-electron chi connectivity index (χ1n) is 8.54. The van der Waals surface area contributed by atoms with Gasteiger partial charge in [0.05, 0.1) is 31.7 Å². The number of aromatic nitrogens is 2. The first-order chi connectivity index (χ1) is 13.3. The van der Waals surface area contributed by atoms with Crippen LogP contribution in [0.4, 0.5) is 0 Å². The average Bonchev–Trinajstić information content (AvgIpc) is 2.65. The van der Waals surface area contributed by atoms with E-state index in [1.807, 2.05) is 0 Å². The molecule has 3 rings (SSSR count). The molecule has 28 heavy (non-hydrogen) atoms. The topological polar surface area (TPSA) is 121 Å². The van der Waals surface area contributed by atoms with Crippen molar-refractivity contribution in [2.45, 2.75) is 19.3 Å². The van der Waals surface area contributed by atoms with Crippen LogP contribution in [-0.2, 0) is 9.53 Å². The molecule has 3 aromatic rings. The van der Waals surface area contributed by atoms with Gasteiger partial charge in [-0.2, -0.15) is 0 Å². The van der Waals surface area contributed by atoms with E-state index in [9.17, 15) is 19.5 Å². The molecule has 146 valence electrons. The number of methoxy groups -OCH3 is 2. The number of carbonyl (C=O) groups is 1. The van der Waals surface area contributed by atoms with Crippen LogP contribution in [0.25, 0.3) is 10.9 Å². The van der Waals surface area contributed by atoms with E-state index < -0.39 is 23.0 Å². The standard InChI is InChI=1S/C20H20N2O6/c1-10-6-16(23)18(20(26)21-10)13(9-17(24)28-3)14-7-11-4-5-12(27-2)8-15(11)22-19(14)25/h4-8,13H,9H2,1-3H3,(H,22,25)(H2,21,23,26)/t13-/m0/s1. The van der Waals surface area contributed by atoms with Gasteiger partial charge in [-0.1, -0.05) is 0 Å². The molecule has 0 spiro atoms. The molecule has 0 bridgehead atoms. The molecule has 1 aromatic carbocycles. The van der Waals surface area contributed by atoms with Crippen LogP contribution in [0.1, 0.15) is 29.2 Å². The monoisotopic (exact) mass is 384 g/mol. The number of H-pyrrole nitrogens is 2. The zero-order valence-corrected chi connectivity index (χ0v) is 15.7. The number of aromatic hydroxyl groups is 1. The minimum absolute atomic E-state index is 0.0608. The second kappa shape index (κ2) is 7.59. The molecule has 0 radical (unpaired) electrons. The summed E-state index contributed by atoms with van der Waals surface area (Å²) in [5.74, 6) is -1.30. The lowest BCUT2D eigenvalue weighted by Gasteiger charge is -2.17. The third-order valence-corrected chi connectivity index (χ3v) is 4.59. The van der Waals surface area contributed by atoms with Crippen molar-refractivity contribution in [3.63, 3.8) is 0 Å². The molecule has 2 aromatic heterocycles. The summed E-state index contributed by atoms with van der Waals surface area (Å²) in [5.41, 5.74) is 0.0753. The van der Waals surface area contributed by atoms with E-state index in [2.05, 4.69) is 9.97 Å². The molecule has 0 amide bonds. The van der Waals surface area contributed by atoms with Crippen LogP contribution in [-0.4, -0.2) is 35.3 Å². The molecule has 0 aliphatic rings. The average molecular weight is 384 g/mol. The summed E-state index contributed by atoms with van der Waals surface area (Å²) in [7, 11) is 2.74. The third-order valence-electron chi connectivity index (χ3n) is 4.59. The number of hydrogen-bond acceptors (Lipinski definition) is 6. The van der Waals surface area contributed by atoms with Gasteiger partial charge in [-0.25, -0.2) is 0 Å². The maximum Gasteiger partial charge on any atom is 0.306 e. The van der Waals surface area contributed by atoms with Crippen molar-refractivity contribution < 1.29 is 19.4 Å². The predicted molar refractivity (Wildman–Crippen MR) is 103 cm³/mol. The highest BCUT2D eigenvalue weighted by Gasteiger charge is 2.27. The zero-order chi connectivity index (χ0) is 20.4. The fraction of sp³-hybridized carbons (Fsp3) is 0.250. The number of aromatic amines is 2. The van der Waals surface area contributed by atoms with Crippen LogP contribution in [0.3, 0.4) is 0 Å². The predicted octanol–water partition coefficient (Wildman–Crippen LogP) is 1.93. The number of hydrogen-bond donors (Lipinski definition) is 3. The summed E-state index contributed by atoms with van der Waals surface area (Å²) >= 11 is 0. The lowest BCUT2D eigenvalue weighted by molar-refractivity contribution is -0.140. The normalized spacial score (nSPS) is 12.0. The van der Waals surface area contributed by atoms with Crippen LogP contribution in [0, 0.1) is 6.92 Å².